The number of benzene rings is 1. The molecule has 10 nitrogen and oxygen atoms in total. The maximum atomic E-state index is 15.7. The Labute approximate surface area is 206 Å². The van der Waals surface area contributed by atoms with Gasteiger partial charge in [-0.3, -0.25) is 19.3 Å². The van der Waals surface area contributed by atoms with Crippen LogP contribution < -0.4 is 10.6 Å². The molecular formula is C25H28FN3O7. The minimum atomic E-state index is -2.71. The third-order valence-electron chi connectivity index (χ3n) is 8.08. The molecule has 192 valence electrons. The number of amides is 1. The summed E-state index contributed by atoms with van der Waals surface area (Å²) in [5.41, 5.74) is 1.43. The average Bonchev–Trinajstić information content (AvgIpc) is 3.32. The van der Waals surface area contributed by atoms with Crippen LogP contribution >= 0.6 is 0 Å². The van der Waals surface area contributed by atoms with Crippen molar-refractivity contribution in [1.29, 1.82) is 0 Å². The predicted octanol–water partition coefficient (Wildman–Crippen LogP) is 0.703. The standard InChI is InChI=1S/C25H28FN3O7/c1-28(2)19-12-8-10-7-11-16(14(30)9-13(18(11)26)29-5-3-4-6-29)20(31)15(10)22(33)25(12,36)23(34)17(21(19)32)24(27)35/h9-10,12,19,30-31,34,36H,3-8H2,1-2H3,(H2,27,35)/t10-,12-,19-,25-/m0/s1. The lowest BCUT2D eigenvalue weighted by molar-refractivity contribution is -0.153. The Hall–Kier alpha value is -3.44. The quantitative estimate of drug-likeness (QED) is 0.375. The number of nitrogens with zero attached hydrogens (tertiary/aromatic N) is 2. The number of aliphatic hydroxyl groups is 3. The molecule has 0 radical (unpaired) electrons. The lowest BCUT2D eigenvalue weighted by Crippen LogP contribution is -2.65. The van der Waals surface area contributed by atoms with E-state index in [2.05, 4.69) is 0 Å². The van der Waals surface area contributed by atoms with Crippen molar-refractivity contribution in [2.75, 3.05) is 32.1 Å². The molecule has 1 saturated carbocycles. The Kier molecular flexibility index (Phi) is 5.42. The van der Waals surface area contributed by atoms with Gasteiger partial charge in [0.1, 0.15) is 22.8 Å². The second-order valence-corrected chi connectivity index (χ2v) is 10.2. The molecule has 1 aromatic carbocycles. The van der Waals surface area contributed by atoms with E-state index < -0.39 is 69.6 Å². The van der Waals surface area contributed by atoms with Gasteiger partial charge in [-0.05, 0) is 45.7 Å². The van der Waals surface area contributed by atoms with Crippen LogP contribution in [0.25, 0.3) is 5.76 Å². The largest absolute Gasteiger partial charge is 0.508 e. The van der Waals surface area contributed by atoms with E-state index in [0.717, 1.165) is 12.8 Å². The number of Topliss-reactive ketones (excluding diaryl/α,β-unsaturated/α-hetero) is 2. The van der Waals surface area contributed by atoms with Crippen LogP contribution in [0.15, 0.2) is 23.0 Å². The lowest BCUT2D eigenvalue weighted by Gasteiger charge is -2.50. The summed E-state index contributed by atoms with van der Waals surface area (Å²) in [6.07, 6.45) is 1.61. The van der Waals surface area contributed by atoms with Crippen LogP contribution in [0.3, 0.4) is 0 Å². The van der Waals surface area contributed by atoms with E-state index in [-0.39, 0.29) is 35.2 Å². The normalized spacial score (nSPS) is 30.0. The first-order valence-electron chi connectivity index (χ1n) is 11.8. The van der Waals surface area contributed by atoms with E-state index in [0.29, 0.717) is 13.1 Å². The Morgan fingerprint density at radius 2 is 1.83 bits per heavy atom. The SMILES string of the molecule is CN(C)[C@@H]1C(=O)C(C(N)=O)=C(O)[C@@]2(O)C(=O)C3=C(O)c4c(O)cc(N5CCCC5)c(F)c4C[C@H]3C[C@@H]12. The van der Waals surface area contributed by atoms with Gasteiger partial charge >= 0.3 is 0 Å². The molecule has 2 fully saturated rings. The highest BCUT2D eigenvalue weighted by molar-refractivity contribution is 6.24. The number of halogens is 1. The topological polar surface area (TPSA) is 165 Å². The molecule has 3 aliphatic carbocycles. The summed E-state index contributed by atoms with van der Waals surface area (Å²) in [6, 6.07) is 0.0299. The molecule has 1 aromatic rings. The van der Waals surface area contributed by atoms with Crippen molar-refractivity contribution >= 4 is 28.9 Å². The van der Waals surface area contributed by atoms with Crippen LogP contribution in [-0.2, 0) is 20.8 Å². The number of anilines is 1. The summed E-state index contributed by atoms with van der Waals surface area (Å²) >= 11 is 0. The first-order chi connectivity index (χ1) is 16.9. The van der Waals surface area contributed by atoms with E-state index in [4.69, 9.17) is 5.73 Å². The molecule has 0 spiro atoms. The zero-order valence-corrected chi connectivity index (χ0v) is 19.9. The van der Waals surface area contributed by atoms with Gasteiger partial charge in [-0.25, -0.2) is 4.39 Å². The average molecular weight is 502 g/mol. The molecule has 36 heavy (non-hydrogen) atoms. The number of aromatic hydroxyl groups is 1. The van der Waals surface area contributed by atoms with Gasteiger partial charge in [-0.2, -0.15) is 0 Å². The number of ketones is 2. The van der Waals surface area contributed by atoms with Crippen LogP contribution in [0.4, 0.5) is 10.1 Å². The van der Waals surface area contributed by atoms with Crippen LogP contribution in [0, 0.1) is 17.7 Å². The molecule has 1 amide bonds. The molecule has 0 unspecified atom stereocenters. The van der Waals surface area contributed by atoms with Gasteiger partial charge in [0.05, 0.1) is 17.3 Å². The molecule has 4 aliphatic rings. The monoisotopic (exact) mass is 501 g/mol. The number of aliphatic hydroxyl groups excluding tert-OH is 2. The number of hydrogen-bond donors (Lipinski definition) is 5. The van der Waals surface area contributed by atoms with Crippen molar-refractivity contribution in [3.63, 3.8) is 0 Å². The fraction of sp³-hybridized carbons (Fsp3) is 0.480. The first-order valence-corrected chi connectivity index (χ1v) is 11.8. The summed E-state index contributed by atoms with van der Waals surface area (Å²) in [4.78, 5) is 42.1. The first kappa shape index (κ1) is 24.3. The molecule has 1 heterocycles. The Balaban J connectivity index is 1.71. The highest BCUT2D eigenvalue weighted by Crippen LogP contribution is 2.53. The molecular weight excluding hydrogens is 473 g/mol. The number of likely N-dealkylation sites (N-methyl/N-ethyl adjacent to an activating group) is 1. The van der Waals surface area contributed by atoms with Crippen LogP contribution in [-0.4, -0.2) is 81.6 Å². The van der Waals surface area contributed by atoms with Gasteiger partial charge in [-0.15, -0.1) is 0 Å². The highest BCUT2D eigenvalue weighted by atomic mass is 19.1. The van der Waals surface area contributed by atoms with E-state index in [9.17, 15) is 34.8 Å². The van der Waals surface area contributed by atoms with Gasteiger partial charge in [0.2, 0.25) is 5.78 Å². The van der Waals surface area contributed by atoms with Crippen molar-refractivity contribution in [3.05, 3.63) is 39.9 Å². The van der Waals surface area contributed by atoms with E-state index in [1.807, 2.05) is 4.90 Å². The molecule has 11 heteroatoms. The third-order valence-corrected chi connectivity index (χ3v) is 8.08. The second kappa shape index (κ2) is 8.04. The summed E-state index contributed by atoms with van der Waals surface area (Å²) < 4.78 is 15.7. The van der Waals surface area contributed by atoms with Gasteiger partial charge in [-0.1, -0.05) is 0 Å². The predicted molar refractivity (Wildman–Crippen MR) is 126 cm³/mol. The third kappa shape index (κ3) is 3.05. The van der Waals surface area contributed by atoms with Gasteiger partial charge in [0.15, 0.2) is 17.2 Å². The number of phenolic OH excluding ortho intramolecular Hbond substituents is 1. The molecule has 5 rings (SSSR count). The number of rotatable bonds is 3. The number of fused-ring (bicyclic) bond motifs is 3. The summed E-state index contributed by atoms with van der Waals surface area (Å²) in [5, 5.41) is 44.3. The maximum absolute atomic E-state index is 15.7. The van der Waals surface area contributed by atoms with Crippen molar-refractivity contribution in [2.45, 2.75) is 37.3 Å². The smallest absolute Gasteiger partial charge is 0.255 e. The van der Waals surface area contributed by atoms with E-state index in [1.165, 1.54) is 25.1 Å². The number of primary amides is 1. The molecule has 6 N–H and O–H groups in total. The Bertz CT molecular complexity index is 1280. The Morgan fingerprint density at radius 3 is 2.42 bits per heavy atom. The van der Waals surface area contributed by atoms with Crippen LogP contribution in [0.1, 0.15) is 30.4 Å². The number of nitrogens with two attached hydrogens (primary N) is 1. The highest BCUT2D eigenvalue weighted by Gasteiger charge is 2.64. The minimum absolute atomic E-state index is 0.0440. The van der Waals surface area contributed by atoms with Gasteiger partial charge < -0.3 is 31.1 Å². The number of carbonyl (C=O) groups excluding carboxylic acids is 3. The van der Waals surface area contributed by atoms with Gasteiger partial charge in [0, 0.05) is 36.2 Å². The summed E-state index contributed by atoms with van der Waals surface area (Å²) in [7, 11) is 3.04. The summed E-state index contributed by atoms with van der Waals surface area (Å²) in [5.74, 6) is -8.13. The van der Waals surface area contributed by atoms with Crippen molar-refractivity contribution in [1.82, 2.24) is 4.90 Å². The molecule has 4 atom stereocenters. The zero-order chi connectivity index (χ0) is 26.3. The minimum Gasteiger partial charge on any atom is -0.508 e. The van der Waals surface area contributed by atoms with Crippen molar-refractivity contribution in [2.24, 2.45) is 17.6 Å². The summed E-state index contributed by atoms with van der Waals surface area (Å²) in [6.45, 7) is 1.25. The number of hydrogen-bond acceptors (Lipinski definition) is 9. The van der Waals surface area contributed by atoms with Crippen molar-refractivity contribution < 1.29 is 39.2 Å². The molecule has 1 saturated heterocycles. The van der Waals surface area contributed by atoms with E-state index >= 15 is 4.39 Å². The lowest BCUT2D eigenvalue weighted by atomic mass is 9.57. The van der Waals surface area contributed by atoms with Crippen molar-refractivity contribution in [3.8, 4) is 5.75 Å². The number of phenols is 1. The van der Waals surface area contributed by atoms with Gasteiger partial charge in [0.25, 0.3) is 5.91 Å². The second-order valence-electron chi connectivity index (χ2n) is 10.2. The fourth-order valence-electron chi connectivity index (χ4n) is 6.46. The fourth-order valence-corrected chi connectivity index (χ4v) is 6.46. The molecule has 0 aromatic heterocycles. The number of carbonyl (C=O) groups is 3. The molecule has 1 aliphatic heterocycles. The maximum Gasteiger partial charge on any atom is 0.255 e. The van der Waals surface area contributed by atoms with Crippen LogP contribution in [0.2, 0.25) is 0 Å². The molecule has 0 bridgehead atoms. The zero-order valence-electron chi connectivity index (χ0n) is 19.9. The Morgan fingerprint density at radius 1 is 1.19 bits per heavy atom. The van der Waals surface area contributed by atoms with E-state index in [1.54, 1.807) is 0 Å². The van der Waals surface area contributed by atoms with Crippen LogP contribution in [0.5, 0.6) is 5.75 Å².